The van der Waals surface area contributed by atoms with E-state index >= 15 is 0 Å². The number of piperazine rings is 1. The first kappa shape index (κ1) is 19.8. The topological polar surface area (TPSA) is 75.0 Å². The molecule has 1 fully saturated rings. The highest BCUT2D eigenvalue weighted by Gasteiger charge is 2.32. The second kappa shape index (κ2) is 7.53. The molecule has 3 aromatic rings. The van der Waals surface area contributed by atoms with E-state index in [2.05, 4.69) is 58.1 Å². The summed E-state index contributed by atoms with van der Waals surface area (Å²) < 4.78 is 7.79. The molecule has 0 spiro atoms. The number of anilines is 2. The first-order valence-electron chi connectivity index (χ1n) is 10.9. The Morgan fingerprint density at radius 2 is 2.03 bits per heavy atom. The summed E-state index contributed by atoms with van der Waals surface area (Å²) in [7, 11) is 0. The summed E-state index contributed by atoms with van der Waals surface area (Å²) in [5.74, 6) is 0.703. The molecule has 1 aromatic carbocycles. The van der Waals surface area contributed by atoms with Gasteiger partial charge in [0.15, 0.2) is 5.65 Å². The van der Waals surface area contributed by atoms with Gasteiger partial charge in [0.05, 0.1) is 17.6 Å². The number of nitrogens with one attached hydrogen (secondary N) is 1. The number of hydrogen-bond acceptors (Lipinski definition) is 6. The number of carbonyl (C=O) groups excluding carboxylic acids is 1. The van der Waals surface area contributed by atoms with Gasteiger partial charge < -0.3 is 19.9 Å². The number of fused-ring (bicyclic) bond motifs is 2. The van der Waals surface area contributed by atoms with Crippen LogP contribution in [0.5, 0.6) is 5.75 Å². The van der Waals surface area contributed by atoms with Crippen LogP contribution in [0, 0.1) is 0 Å². The van der Waals surface area contributed by atoms with Gasteiger partial charge in [0.2, 0.25) is 0 Å². The lowest BCUT2D eigenvalue weighted by Crippen LogP contribution is -2.46. The van der Waals surface area contributed by atoms with Crippen LogP contribution in [-0.2, 0) is 6.42 Å². The number of amides is 1. The van der Waals surface area contributed by atoms with Crippen molar-refractivity contribution in [3.05, 3.63) is 47.9 Å². The van der Waals surface area contributed by atoms with Crippen LogP contribution in [0.4, 0.5) is 11.4 Å². The Hall–Kier alpha value is -3.13. The maximum absolute atomic E-state index is 13.2. The highest BCUT2D eigenvalue weighted by atomic mass is 16.5. The Kier molecular flexibility index (Phi) is 4.81. The Labute approximate surface area is 181 Å². The van der Waals surface area contributed by atoms with Crippen LogP contribution in [0.1, 0.15) is 36.7 Å². The Morgan fingerprint density at radius 1 is 1.23 bits per heavy atom. The van der Waals surface area contributed by atoms with E-state index in [0.29, 0.717) is 11.2 Å². The van der Waals surface area contributed by atoms with E-state index in [1.54, 1.807) is 29.2 Å². The number of hydrogen-bond donors (Lipinski definition) is 1. The predicted molar refractivity (Wildman–Crippen MR) is 120 cm³/mol. The van der Waals surface area contributed by atoms with E-state index in [1.165, 1.54) is 0 Å². The first-order chi connectivity index (χ1) is 14.9. The molecule has 0 aliphatic carbocycles. The normalized spacial score (nSPS) is 18.1. The molecular formula is C23H28N6O2. The van der Waals surface area contributed by atoms with Gasteiger partial charge in [-0.25, -0.2) is 9.50 Å². The lowest BCUT2D eigenvalue weighted by molar-refractivity contribution is 0.102. The molecule has 8 heteroatoms. The minimum absolute atomic E-state index is 0.208. The second-order valence-corrected chi connectivity index (χ2v) is 8.84. The summed E-state index contributed by atoms with van der Waals surface area (Å²) >= 11 is 0. The summed E-state index contributed by atoms with van der Waals surface area (Å²) in [6.07, 6.45) is 5.83. The highest BCUT2D eigenvalue weighted by molar-refractivity contribution is 6.09. The Morgan fingerprint density at radius 3 is 2.81 bits per heavy atom. The van der Waals surface area contributed by atoms with Gasteiger partial charge in [0, 0.05) is 56.6 Å². The number of benzene rings is 1. The van der Waals surface area contributed by atoms with Crippen molar-refractivity contribution >= 4 is 22.9 Å². The molecule has 0 saturated carbocycles. The fourth-order valence-corrected chi connectivity index (χ4v) is 4.48. The quantitative estimate of drug-likeness (QED) is 0.700. The molecular weight excluding hydrogens is 392 g/mol. The minimum Gasteiger partial charge on any atom is -0.487 e. The molecule has 8 nitrogen and oxygen atoms in total. The average Bonchev–Trinajstić information content (AvgIpc) is 3.32. The molecule has 0 atom stereocenters. The van der Waals surface area contributed by atoms with Gasteiger partial charge >= 0.3 is 0 Å². The fraction of sp³-hybridized carbons (Fsp3) is 0.435. The number of nitrogens with zero attached hydrogens (tertiary/aromatic N) is 5. The van der Waals surface area contributed by atoms with Crippen molar-refractivity contribution < 1.29 is 9.53 Å². The molecule has 1 amide bonds. The minimum atomic E-state index is -0.241. The van der Waals surface area contributed by atoms with Crippen LogP contribution in [0.15, 0.2) is 36.8 Å². The molecule has 2 aliphatic heterocycles. The van der Waals surface area contributed by atoms with Gasteiger partial charge in [-0.1, -0.05) is 6.92 Å². The van der Waals surface area contributed by atoms with Crippen LogP contribution >= 0.6 is 0 Å². The van der Waals surface area contributed by atoms with E-state index in [1.807, 2.05) is 0 Å². The zero-order chi connectivity index (χ0) is 21.6. The van der Waals surface area contributed by atoms with Crippen molar-refractivity contribution in [3.63, 3.8) is 0 Å². The number of ether oxygens (including phenoxy) is 1. The summed E-state index contributed by atoms with van der Waals surface area (Å²) in [6.45, 7) is 11.3. The third kappa shape index (κ3) is 3.72. The highest BCUT2D eigenvalue weighted by Crippen LogP contribution is 2.42. The van der Waals surface area contributed by atoms with Crippen molar-refractivity contribution in [1.29, 1.82) is 0 Å². The lowest BCUT2D eigenvalue weighted by atomic mass is 10.0. The van der Waals surface area contributed by atoms with Crippen LogP contribution < -0.4 is 15.0 Å². The fourth-order valence-electron chi connectivity index (χ4n) is 4.48. The van der Waals surface area contributed by atoms with E-state index in [-0.39, 0.29) is 11.5 Å². The van der Waals surface area contributed by atoms with Gasteiger partial charge in [-0.05, 0) is 32.5 Å². The molecule has 4 heterocycles. The molecule has 31 heavy (non-hydrogen) atoms. The summed E-state index contributed by atoms with van der Waals surface area (Å²) in [5, 5.41) is 7.39. The molecule has 0 bridgehead atoms. The maximum Gasteiger partial charge on any atom is 0.261 e. The van der Waals surface area contributed by atoms with Crippen LogP contribution in [0.25, 0.3) is 5.65 Å². The smallest absolute Gasteiger partial charge is 0.261 e. The van der Waals surface area contributed by atoms with Gasteiger partial charge in [0.1, 0.15) is 16.9 Å². The number of aromatic nitrogens is 3. The molecule has 0 unspecified atom stereocenters. The zero-order valence-electron chi connectivity index (χ0n) is 18.3. The van der Waals surface area contributed by atoms with E-state index in [9.17, 15) is 4.79 Å². The van der Waals surface area contributed by atoms with Crippen LogP contribution in [-0.4, -0.2) is 63.7 Å². The third-order valence-corrected chi connectivity index (χ3v) is 6.11. The molecule has 2 aliphatic rings. The monoisotopic (exact) mass is 420 g/mol. The summed E-state index contributed by atoms with van der Waals surface area (Å²) in [5.41, 5.74) is 3.70. The maximum atomic E-state index is 13.2. The molecule has 1 saturated heterocycles. The second-order valence-electron chi connectivity index (χ2n) is 8.84. The molecule has 162 valence electrons. The molecule has 1 N–H and O–H groups in total. The van der Waals surface area contributed by atoms with E-state index < -0.39 is 0 Å². The van der Waals surface area contributed by atoms with Crippen molar-refractivity contribution in [2.75, 3.05) is 42.9 Å². The number of likely N-dealkylation sites (N-methyl/N-ethyl adjacent to an activating group) is 1. The lowest BCUT2D eigenvalue weighted by Gasteiger charge is -2.36. The van der Waals surface area contributed by atoms with Crippen molar-refractivity contribution in [3.8, 4) is 5.75 Å². The largest absolute Gasteiger partial charge is 0.487 e. The zero-order valence-corrected chi connectivity index (χ0v) is 18.3. The molecule has 0 radical (unpaired) electrons. The van der Waals surface area contributed by atoms with E-state index in [0.717, 1.165) is 61.8 Å². The average molecular weight is 421 g/mol. The van der Waals surface area contributed by atoms with Crippen molar-refractivity contribution in [2.45, 2.75) is 32.8 Å². The van der Waals surface area contributed by atoms with Gasteiger partial charge in [0.25, 0.3) is 5.91 Å². The summed E-state index contributed by atoms with van der Waals surface area (Å²) in [4.78, 5) is 22.3. The van der Waals surface area contributed by atoms with E-state index in [4.69, 9.17) is 4.74 Å². The number of rotatable bonds is 4. The van der Waals surface area contributed by atoms with Crippen LogP contribution in [0.3, 0.4) is 0 Å². The van der Waals surface area contributed by atoms with Crippen molar-refractivity contribution in [1.82, 2.24) is 19.5 Å². The Bertz CT molecular complexity index is 1130. The van der Waals surface area contributed by atoms with Gasteiger partial charge in [-0.3, -0.25) is 4.79 Å². The summed E-state index contributed by atoms with van der Waals surface area (Å²) in [6, 6.07) is 5.95. The third-order valence-electron chi connectivity index (χ3n) is 6.11. The standard InChI is InChI=1S/C23H28N6O2/c1-4-27-8-10-28(11-9-27)19-13-20-16(14-23(2,3)31-20)12-18(19)26-22(30)17-15-25-29-7-5-6-24-21(17)29/h5-7,12-13,15H,4,8-11,14H2,1-3H3,(H,26,30). The SMILES string of the molecule is CCN1CCN(c2cc3c(cc2NC(=O)c2cnn4cccnc24)CC(C)(C)O3)CC1. The Balaban J connectivity index is 1.49. The van der Waals surface area contributed by atoms with Crippen LogP contribution in [0.2, 0.25) is 0 Å². The molecule has 5 rings (SSSR count). The van der Waals surface area contributed by atoms with Gasteiger partial charge in [-0.2, -0.15) is 5.10 Å². The number of carbonyl (C=O) groups is 1. The van der Waals surface area contributed by atoms with Crippen molar-refractivity contribution in [2.24, 2.45) is 0 Å². The van der Waals surface area contributed by atoms with Gasteiger partial charge in [-0.15, -0.1) is 0 Å². The molecule has 2 aromatic heterocycles. The first-order valence-corrected chi connectivity index (χ1v) is 10.9. The predicted octanol–water partition coefficient (Wildman–Crippen LogP) is 2.84.